The van der Waals surface area contributed by atoms with Crippen LogP contribution in [0.15, 0.2) is 23.1 Å². The van der Waals surface area contributed by atoms with Gasteiger partial charge in [0.1, 0.15) is 11.1 Å². The van der Waals surface area contributed by atoms with Gasteiger partial charge in [-0.15, -0.1) is 0 Å². The van der Waals surface area contributed by atoms with Crippen molar-refractivity contribution in [3.63, 3.8) is 0 Å². The summed E-state index contributed by atoms with van der Waals surface area (Å²) in [6.45, 7) is 1.70. The molecule has 0 aliphatic carbocycles. The highest BCUT2D eigenvalue weighted by Crippen LogP contribution is 2.18. The molecule has 2 atom stereocenters. The highest BCUT2D eigenvalue weighted by Gasteiger charge is 2.22. The van der Waals surface area contributed by atoms with Gasteiger partial charge in [-0.2, -0.15) is 0 Å². The number of carbonyl (C=O) groups is 1. The number of nitrogen functional groups attached to an aromatic ring is 1. The van der Waals surface area contributed by atoms with Crippen LogP contribution in [-0.4, -0.2) is 15.4 Å². The second-order valence-corrected chi connectivity index (χ2v) is 4.92. The molecule has 0 bridgehead atoms. The third kappa shape index (κ3) is 2.57. The van der Waals surface area contributed by atoms with Gasteiger partial charge < -0.3 is 11.5 Å². The zero-order chi connectivity index (χ0) is 12.3. The van der Waals surface area contributed by atoms with Gasteiger partial charge >= 0.3 is 0 Å². The molecule has 1 rings (SSSR count). The molecule has 1 aromatic carbocycles. The molecule has 0 saturated carbocycles. The molecule has 2 unspecified atom stereocenters. The lowest BCUT2D eigenvalue weighted by Crippen LogP contribution is -2.31. The number of benzene rings is 1. The van der Waals surface area contributed by atoms with Crippen LogP contribution in [0.2, 0.25) is 0 Å². The highest BCUT2D eigenvalue weighted by atomic mass is 32.2. The molecule has 0 spiro atoms. The third-order valence-corrected chi connectivity index (χ3v) is 3.95. The van der Waals surface area contributed by atoms with E-state index >= 15 is 0 Å². The topological polar surface area (TPSA) is 86.2 Å². The van der Waals surface area contributed by atoms with Gasteiger partial charge in [-0.25, -0.2) is 4.39 Å². The van der Waals surface area contributed by atoms with Crippen molar-refractivity contribution < 1.29 is 13.4 Å². The van der Waals surface area contributed by atoms with Gasteiger partial charge in [0, 0.05) is 4.90 Å². The van der Waals surface area contributed by atoms with E-state index in [-0.39, 0.29) is 10.6 Å². The Hall–Kier alpha value is -1.43. The van der Waals surface area contributed by atoms with E-state index in [0.29, 0.717) is 6.42 Å². The summed E-state index contributed by atoms with van der Waals surface area (Å²) < 4.78 is 25.0. The van der Waals surface area contributed by atoms with Gasteiger partial charge in [0.25, 0.3) is 0 Å². The second kappa shape index (κ2) is 5.07. The number of rotatable bonds is 4. The van der Waals surface area contributed by atoms with Crippen LogP contribution in [0.5, 0.6) is 0 Å². The maximum Gasteiger partial charge on any atom is 0.233 e. The monoisotopic (exact) mass is 244 g/mol. The summed E-state index contributed by atoms with van der Waals surface area (Å²) in [4.78, 5) is 11.2. The first-order chi connectivity index (χ1) is 7.47. The molecule has 4 N–H and O–H groups in total. The number of amides is 1. The number of halogens is 1. The van der Waals surface area contributed by atoms with E-state index in [9.17, 15) is 13.4 Å². The molecule has 0 aliphatic heterocycles. The Morgan fingerprint density at radius 3 is 2.62 bits per heavy atom. The fourth-order valence-corrected chi connectivity index (χ4v) is 2.52. The minimum Gasteiger partial charge on any atom is -0.396 e. The second-order valence-electron chi connectivity index (χ2n) is 3.28. The average Bonchev–Trinajstić information content (AvgIpc) is 2.22. The Morgan fingerprint density at radius 2 is 2.19 bits per heavy atom. The van der Waals surface area contributed by atoms with Gasteiger partial charge in [-0.1, -0.05) is 6.92 Å². The Balaban J connectivity index is 3.04. The van der Waals surface area contributed by atoms with Crippen molar-refractivity contribution in [3.05, 3.63) is 24.0 Å². The summed E-state index contributed by atoms with van der Waals surface area (Å²) in [5.74, 6) is -1.30. The molecule has 0 heterocycles. The fraction of sp³-hybridized carbons (Fsp3) is 0.300. The molecule has 4 nitrogen and oxygen atoms in total. The van der Waals surface area contributed by atoms with Crippen molar-refractivity contribution in [1.82, 2.24) is 0 Å². The normalized spacial score (nSPS) is 14.4. The quantitative estimate of drug-likeness (QED) is 0.767. The number of anilines is 1. The maximum absolute atomic E-state index is 13.1. The van der Waals surface area contributed by atoms with Crippen molar-refractivity contribution in [3.8, 4) is 0 Å². The van der Waals surface area contributed by atoms with Crippen molar-refractivity contribution in [2.75, 3.05) is 5.73 Å². The SMILES string of the molecule is CCC(C(N)=O)S(=O)c1ccc(N)c(F)c1. The van der Waals surface area contributed by atoms with Crippen molar-refractivity contribution in [1.29, 1.82) is 0 Å². The summed E-state index contributed by atoms with van der Waals surface area (Å²) in [7, 11) is -1.64. The van der Waals surface area contributed by atoms with Crippen LogP contribution in [0.3, 0.4) is 0 Å². The fourth-order valence-electron chi connectivity index (χ4n) is 1.26. The molecule has 0 fully saturated rings. The van der Waals surface area contributed by atoms with Crippen LogP contribution < -0.4 is 11.5 Å². The average molecular weight is 244 g/mol. The lowest BCUT2D eigenvalue weighted by molar-refractivity contribution is -0.117. The number of hydrogen-bond acceptors (Lipinski definition) is 3. The molecular weight excluding hydrogens is 231 g/mol. The van der Waals surface area contributed by atoms with Crippen LogP contribution in [0.25, 0.3) is 0 Å². The maximum atomic E-state index is 13.1. The predicted octanol–water partition coefficient (Wildman–Crippen LogP) is 0.779. The summed E-state index contributed by atoms with van der Waals surface area (Å²) in [5, 5.41) is -0.803. The molecule has 0 aromatic heterocycles. The Bertz CT molecular complexity index is 437. The Kier molecular flexibility index (Phi) is 4.00. The molecule has 1 amide bonds. The van der Waals surface area contributed by atoms with E-state index in [1.54, 1.807) is 6.92 Å². The Labute approximate surface area is 95.3 Å². The van der Waals surface area contributed by atoms with Crippen LogP contribution >= 0.6 is 0 Å². The summed E-state index contributed by atoms with van der Waals surface area (Å²) in [6.07, 6.45) is 0.341. The van der Waals surface area contributed by atoms with Gasteiger partial charge in [0.15, 0.2) is 0 Å². The van der Waals surface area contributed by atoms with Crippen molar-refractivity contribution in [2.24, 2.45) is 5.73 Å². The van der Waals surface area contributed by atoms with Gasteiger partial charge in [0.05, 0.1) is 16.5 Å². The van der Waals surface area contributed by atoms with Crippen LogP contribution in [-0.2, 0) is 15.6 Å². The summed E-state index contributed by atoms with van der Waals surface area (Å²) in [6, 6.07) is 3.81. The van der Waals surface area contributed by atoms with E-state index < -0.39 is 27.8 Å². The Morgan fingerprint density at radius 1 is 1.56 bits per heavy atom. The van der Waals surface area contributed by atoms with E-state index in [1.807, 2.05) is 0 Å². The van der Waals surface area contributed by atoms with Gasteiger partial charge in [0.2, 0.25) is 5.91 Å². The smallest absolute Gasteiger partial charge is 0.233 e. The predicted molar refractivity (Wildman–Crippen MR) is 60.5 cm³/mol. The van der Waals surface area contributed by atoms with E-state index in [0.717, 1.165) is 6.07 Å². The first kappa shape index (κ1) is 12.6. The third-order valence-electron chi connectivity index (χ3n) is 2.15. The molecule has 0 saturated heterocycles. The minimum atomic E-state index is -1.64. The number of carbonyl (C=O) groups excluding carboxylic acids is 1. The summed E-state index contributed by atoms with van der Waals surface area (Å²) >= 11 is 0. The highest BCUT2D eigenvalue weighted by molar-refractivity contribution is 7.86. The summed E-state index contributed by atoms with van der Waals surface area (Å²) in [5.41, 5.74) is 10.4. The molecule has 0 aliphatic rings. The largest absolute Gasteiger partial charge is 0.396 e. The number of nitrogens with two attached hydrogens (primary N) is 2. The van der Waals surface area contributed by atoms with E-state index in [4.69, 9.17) is 11.5 Å². The first-order valence-corrected chi connectivity index (χ1v) is 5.93. The van der Waals surface area contributed by atoms with Gasteiger partial charge in [-0.05, 0) is 24.6 Å². The molecule has 0 radical (unpaired) electrons. The lowest BCUT2D eigenvalue weighted by Gasteiger charge is -2.10. The van der Waals surface area contributed by atoms with Gasteiger partial charge in [-0.3, -0.25) is 9.00 Å². The standard InChI is InChI=1S/C10H13FN2O2S/c1-2-9(10(13)14)16(15)6-3-4-8(12)7(11)5-6/h3-5,9H,2,12H2,1H3,(H2,13,14). The minimum absolute atomic E-state index is 0.0205. The zero-order valence-electron chi connectivity index (χ0n) is 8.77. The van der Waals surface area contributed by atoms with Crippen molar-refractivity contribution in [2.45, 2.75) is 23.5 Å². The van der Waals surface area contributed by atoms with E-state index in [1.165, 1.54) is 12.1 Å². The molecular formula is C10H13FN2O2S. The molecule has 88 valence electrons. The lowest BCUT2D eigenvalue weighted by atomic mass is 10.3. The molecule has 6 heteroatoms. The van der Waals surface area contributed by atoms with Crippen LogP contribution in [0.4, 0.5) is 10.1 Å². The first-order valence-electron chi connectivity index (χ1n) is 4.72. The number of primary amides is 1. The zero-order valence-corrected chi connectivity index (χ0v) is 9.59. The van der Waals surface area contributed by atoms with Crippen LogP contribution in [0, 0.1) is 5.82 Å². The van der Waals surface area contributed by atoms with E-state index in [2.05, 4.69) is 0 Å². The molecule has 1 aromatic rings. The number of hydrogen-bond donors (Lipinski definition) is 2. The van der Waals surface area contributed by atoms with Crippen LogP contribution in [0.1, 0.15) is 13.3 Å². The molecule has 16 heavy (non-hydrogen) atoms. The van der Waals surface area contributed by atoms with Crippen molar-refractivity contribution >= 4 is 22.4 Å².